The van der Waals surface area contributed by atoms with Gasteiger partial charge in [-0.15, -0.1) is 0 Å². The highest BCUT2D eigenvalue weighted by molar-refractivity contribution is 5.77. The van der Waals surface area contributed by atoms with Crippen molar-refractivity contribution < 1.29 is 8.78 Å². The molecule has 0 aliphatic rings. The van der Waals surface area contributed by atoms with E-state index in [1.165, 1.54) is 0 Å². The number of aromatic amines is 1. The van der Waals surface area contributed by atoms with Crippen LogP contribution in [-0.2, 0) is 13.0 Å². The molecule has 8 heteroatoms. The number of aromatic nitrogens is 4. The molecule has 132 valence electrons. The number of rotatable bonds is 4. The van der Waals surface area contributed by atoms with Gasteiger partial charge in [-0.2, -0.15) is 8.78 Å². The van der Waals surface area contributed by atoms with E-state index in [2.05, 4.69) is 9.97 Å². The number of H-pyrrole nitrogens is 1. The Hall–Kier alpha value is -3.29. The molecule has 0 atom stereocenters. The lowest BCUT2D eigenvalue weighted by atomic mass is 10.2. The van der Waals surface area contributed by atoms with Crippen LogP contribution >= 0.6 is 0 Å². The molecule has 0 amide bonds. The van der Waals surface area contributed by atoms with Crippen molar-refractivity contribution in [2.45, 2.75) is 19.5 Å². The second-order valence-corrected chi connectivity index (χ2v) is 5.85. The summed E-state index contributed by atoms with van der Waals surface area (Å²) in [6.07, 6.45) is 0.0281. The molecule has 0 fully saturated rings. The summed E-state index contributed by atoms with van der Waals surface area (Å²) in [6.45, 7) is -2.81. The molecule has 2 heterocycles. The largest absolute Gasteiger partial charge is 0.328 e. The molecule has 0 saturated carbocycles. The molecule has 26 heavy (non-hydrogen) atoms. The first kappa shape index (κ1) is 16.2. The van der Waals surface area contributed by atoms with E-state index in [1.54, 1.807) is 48.5 Å². The van der Waals surface area contributed by atoms with E-state index in [4.69, 9.17) is 0 Å². The van der Waals surface area contributed by atoms with Crippen molar-refractivity contribution in [2.24, 2.45) is 0 Å². The minimum atomic E-state index is -2.76. The second kappa shape index (κ2) is 6.21. The van der Waals surface area contributed by atoms with Crippen LogP contribution in [0.3, 0.4) is 0 Å². The van der Waals surface area contributed by atoms with E-state index in [0.29, 0.717) is 21.9 Å². The molecule has 0 bridgehead atoms. The molecular weight excluding hydrogens is 342 g/mol. The summed E-state index contributed by atoms with van der Waals surface area (Å²) in [7, 11) is 0. The number of imidazole rings is 1. The number of hydrogen-bond acceptors (Lipinski definition) is 3. The quantitative estimate of drug-likeness (QED) is 0.611. The smallest absolute Gasteiger partial charge is 0.307 e. The van der Waals surface area contributed by atoms with Crippen LogP contribution in [0.1, 0.15) is 12.4 Å². The van der Waals surface area contributed by atoms with Gasteiger partial charge in [0.15, 0.2) is 0 Å². The normalized spacial score (nSPS) is 11.7. The molecule has 4 rings (SSSR count). The van der Waals surface area contributed by atoms with Crippen LogP contribution < -0.4 is 11.2 Å². The highest BCUT2D eigenvalue weighted by Gasteiger charge is 2.18. The average molecular weight is 356 g/mol. The van der Waals surface area contributed by atoms with Crippen LogP contribution in [0.15, 0.2) is 58.1 Å². The zero-order valence-corrected chi connectivity index (χ0v) is 13.5. The van der Waals surface area contributed by atoms with Crippen molar-refractivity contribution in [1.82, 2.24) is 19.1 Å². The van der Waals surface area contributed by atoms with Crippen molar-refractivity contribution in [3.05, 3.63) is 75.2 Å². The van der Waals surface area contributed by atoms with Gasteiger partial charge < -0.3 is 4.98 Å². The molecule has 6 nitrogen and oxygen atoms in total. The van der Waals surface area contributed by atoms with Crippen LogP contribution in [0.25, 0.3) is 21.9 Å². The van der Waals surface area contributed by atoms with E-state index in [1.807, 2.05) is 0 Å². The maximum absolute atomic E-state index is 13.5. The molecule has 2 aromatic heterocycles. The lowest BCUT2D eigenvalue weighted by Gasteiger charge is -2.09. The number of aryl methyl sites for hydroxylation is 1. The SMILES string of the molecule is O=c1[nH]c2ccccc2c(=O)n1CCc1nc2ccccc2n1C(F)F. The summed E-state index contributed by atoms with van der Waals surface area (Å²) in [6, 6.07) is 13.2. The number of alkyl halides is 2. The Kier molecular flexibility index (Phi) is 3.87. The summed E-state index contributed by atoms with van der Waals surface area (Å²) in [5, 5.41) is 0.370. The van der Waals surface area contributed by atoms with Gasteiger partial charge in [0.2, 0.25) is 0 Å². The Morgan fingerprint density at radius 1 is 1.04 bits per heavy atom. The summed E-state index contributed by atoms with van der Waals surface area (Å²) in [5.74, 6) is 0.126. The first-order chi connectivity index (χ1) is 12.6. The fraction of sp³-hybridized carbons (Fsp3) is 0.167. The van der Waals surface area contributed by atoms with Gasteiger partial charge in [0, 0.05) is 13.0 Å². The summed E-state index contributed by atoms with van der Waals surface area (Å²) in [4.78, 5) is 31.6. The van der Waals surface area contributed by atoms with Gasteiger partial charge in [-0.3, -0.25) is 13.9 Å². The summed E-state index contributed by atoms with van der Waals surface area (Å²) < 4.78 is 28.8. The molecule has 4 aromatic rings. The maximum atomic E-state index is 13.5. The molecule has 0 saturated heterocycles. The molecule has 0 aliphatic heterocycles. The van der Waals surface area contributed by atoms with Crippen LogP contribution in [0.5, 0.6) is 0 Å². The van der Waals surface area contributed by atoms with Gasteiger partial charge in [0.05, 0.1) is 21.9 Å². The zero-order valence-electron chi connectivity index (χ0n) is 13.5. The first-order valence-corrected chi connectivity index (χ1v) is 8.02. The number of nitrogens with one attached hydrogen (secondary N) is 1. The Morgan fingerprint density at radius 3 is 2.58 bits per heavy atom. The molecule has 0 aliphatic carbocycles. The number of nitrogens with zero attached hydrogens (tertiary/aromatic N) is 3. The topological polar surface area (TPSA) is 72.7 Å². The highest BCUT2D eigenvalue weighted by Crippen LogP contribution is 2.23. The molecular formula is C18H14F2N4O2. The van der Waals surface area contributed by atoms with E-state index in [9.17, 15) is 18.4 Å². The van der Waals surface area contributed by atoms with Crippen molar-refractivity contribution >= 4 is 21.9 Å². The third-order valence-corrected chi connectivity index (χ3v) is 4.31. The van der Waals surface area contributed by atoms with Gasteiger partial charge in [-0.1, -0.05) is 24.3 Å². The monoisotopic (exact) mass is 356 g/mol. The first-order valence-electron chi connectivity index (χ1n) is 8.02. The molecule has 0 unspecified atom stereocenters. The van der Waals surface area contributed by atoms with Gasteiger partial charge >= 0.3 is 12.2 Å². The van der Waals surface area contributed by atoms with E-state index < -0.39 is 17.8 Å². The molecule has 0 radical (unpaired) electrons. The average Bonchev–Trinajstić information content (AvgIpc) is 3.00. The number of para-hydroxylation sites is 3. The maximum Gasteiger partial charge on any atom is 0.328 e. The van der Waals surface area contributed by atoms with Crippen molar-refractivity contribution in [2.75, 3.05) is 0 Å². The third kappa shape index (κ3) is 2.59. The Labute approximate surface area is 145 Å². The van der Waals surface area contributed by atoms with E-state index in [-0.39, 0.29) is 18.8 Å². The number of hydrogen-bond donors (Lipinski definition) is 1. The predicted molar refractivity (Wildman–Crippen MR) is 93.5 cm³/mol. The number of halogens is 2. The van der Waals surface area contributed by atoms with Crippen molar-refractivity contribution in [3.63, 3.8) is 0 Å². The zero-order chi connectivity index (χ0) is 18.3. The third-order valence-electron chi connectivity index (χ3n) is 4.31. The summed E-state index contributed by atoms with van der Waals surface area (Å²) in [5.41, 5.74) is 0.177. The molecule has 2 aromatic carbocycles. The summed E-state index contributed by atoms with van der Waals surface area (Å²) >= 11 is 0. The Balaban J connectivity index is 1.76. The van der Waals surface area contributed by atoms with Gasteiger partial charge in [-0.25, -0.2) is 9.78 Å². The minimum Gasteiger partial charge on any atom is -0.307 e. The second-order valence-electron chi connectivity index (χ2n) is 5.85. The molecule has 0 spiro atoms. The Morgan fingerprint density at radius 2 is 1.77 bits per heavy atom. The fourth-order valence-corrected chi connectivity index (χ4v) is 3.10. The van der Waals surface area contributed by atoms with Crippen LogP contribution in [0, 0.1) is 0 Å². The predicted octanol–water partition coefficient (Wildman–Crippen LogP) is 2.68. The van der Waals surface area contributed by atoms with Gasteiger partial charge in [-0.05, 0) is 24.3 Å². The van der Waals surface area contributed by atoms with Gasteiger partial charge in [0.1, 0.15) is 5.82 Å². The highest BCUT2D eigenvalue weighted by atomic mass is 19.3. The van der Waals surface area contributed by atoms with Gasteiger partial charge in [0.25, 0.3) is 5.56 Å². The van der Waals surface area contributed by atoms with Crippen LogP contribution in [0.2, 0.25) is 0 Å². The standard InChI is InChI=1S/C18H14F2N4O2/c19-17(20)24-14-8-4-3-7-13(14)21-15(24)9-10-23-16(25)11-5-1-2-6-12(11)22-18(23)26/h1-8,17H,9-10H2,(H,22,26). The number of benzene rings is 2. The lowest BCUT2D eigenvalue weighted by molar-refractivity contribution is 0.0713. The van der Waals surface area contributed by atoms with Crippen LogP contribution in [0.4, 0.5) is 8.78 Å². The Bertz CT molecular complexity index is 1220. The van der Waals surface area contributed by atoms with E-state index >= 15 is 0 Å². The van der Waals surface area contributed by atoms with Crippen molar-refractivity contribution in [1.29, 1.82) is 0 Å². The fourth-order valence-electron chi connectivity index (χ4n) is 3.10. The van der Waals surface area contributed by atoms with E-state index in [0.717, 1.165) is 9.13 Å². The van der Waals surface area contributed by atoms with Crippen molar-refractivity contribution in [3.8, 4) is 0 Å². The lowest BCUT2D eigenvalue weighted by Crippen LogP contribution is -2.35. The minimum absolute atomic E-state index is 0.0281. The van der Waals surface area contributed by atoms with Crippen LogP contribution in [-0.4, -0.2) is 19.1 Å². The number of fused-ring (bicyclic) bond motifs is 2. The molecule has 1 N–H and O–H groups in total.